The smallest absolute Gasteiger partial charge is 0.119 e. The number of anilines is 1. The molecule has 0 spiro atoms. The van der Waals surface area contributed by atoms with Crippen LogP contribution in [0, 0.1) is 11.8 Å². The molecule has 1 atom stereocenters. The SMILES string of the molecule is CCCCOCCOc1ccc(-c2ccc3c(c2)/C=C(/c2ccc(/C=C(C)/N=C\NCC)cc2)CCCCN3C[C@@H](CC)CCCC2CC2)cc1. The van der Waals surface area contributed by atoms with Crippen molar-refractivity contribution < 1.29 is 9.47 Å². The number of ether oxygens (including phenoxy) is 2. The lowest BCUT2D eigenvalue weighted by atomic mass is 9.94. The number of allylic oxidation sites excluding steroid dienone is 2. The van der Waals surface area contributed by atoms with Gasteiger partial charge in [-0.2, -0.15) is 0 Å². The predicted octanol–water partition coefficient (Wildman–Crippen LogP) is 11.7. The summed E-state index contributed by atoms with van der Waals surface area (Å²) < 4.78 is 11.7. The minimum absolute atomic E-state index is 0.575. The highest BCUT2D eigenvalue weighted by Gasteiger charge is 2.22. The van der Waals surface area contributed by atoms with Crippen molar-refractivity contribution in [2.75, 3.05) is 44.4 Å². The highest BCUT2D eigenvalue weighted by atomic mass is 16.5. The Morgan fingerprint density at radius 3 is 2.43 bits per heavy atom. The van der Waals surface area contributed by atoms with Gasteiger partial charge in [-0.05, 0) is 128 Å². The van der Waals surface area contributed by atoms with E-state index in [-0.39, 0.29) is 0 Å². The van der Waals surface area contributed by atoms with Gasteiger partial charge in [0, 0.05) is 37.6 Å². The van der Waals surface area contributed by atoms with Crippen LogP contribution in [0.2, 0.25) is 0 Å². The number of aliphatic imine (C=N–C) groups is 1. The second-order valence-corrected chi connectivity index (χ2v) is 14.6. The van der Waals surface area contributed by atoms with E-state index in [4.69, 9.17) is 9.47 Å². The summed E-state index contributed by atoms with van der Waals surface area (Å²) >= 11 is 0. The van der Waals surface area contributed by atoms with Gasteiger partial charge in [-0.25, -0.2) is 4.99 Å². The Morgan fingerprint density at radius 2 is 1.69 bits per heavy atom. The van der Waals surface area contributed by atoms with E-state index in [1.165, 1.54) is 90.4 Å². The van der Waals surface area contributed by atoms with Gasteiger partial charge in [0.05, 0.1) is 12.9 Å². The maximum Gasteiger partial charge on any atom is 0.119 e. The van der Waals surface area contributed by atoms with Crippen molar-refractivity contribution in [2.45, 2.75) is 98.3 Å². The van der Waals surface area contributed by atoms with Gasteiger partial charge in [0.25, 0.3) is 0 Å². The van der Waals surface area contributed by atoms with Gasteiger partial charge in [0.1, 0.15) is 12.4 Å². The summed E-state index contributed by atoms with van der Waals surface area (Å²) in [4.78, 5) is 7.22. The fraction of sp³-hybridized carbons (Fsp3) is 0.500. The summed E-state index contributed by atoms with van der Waals surface area (Å²) in [5.74, 6) is 2.64. The fourth-order valence-electron chi connectivity index (χ4n) is 7.01. The summed E-state index contributed by atoms with van der Waals surface area (Å²) in [6, 6.07) is 24.7. The van der Waals surface area contributed by atoms with Crippen LogP contribution in [0.5, 0.6) is 5.75 Å². The van der Waals surface area contributed by atoms with E-state index in [1.807, 2.05) is 6.92 Å². The van der Waals surface area contributed by atoms with E-state index < -0.39 is 0 Å². The standard InChI is InChI=1S/C46H63N3O2/c1-5-8-28-50-29-30-51-45-24-21-41(22-25-45)43-23-26-46-44(33-43)32-42(40-19-17-39(18-20-40)31-36(4)48-35-47-7-3)14-9-10-27-49(46)34-37(6-2)12-11-13-38-15-16-38/h17-26,31-33,35,37-38H,5-16,27-30,34H2,1-4H3,(H,47,48)/b36-31+,42-32+/t37-/m0/s1. The van der Waals surface area contributed by atoms with Crippen LogP contribution >= 0.6 is 0 Å². The third-order valence-electron chi connectivity index (χ3n) is 10.3. The molecule has 0 aromatic heterocycles. The van der Waals surface area contributed by atoms with Crippen molar-refractivity contribution >= 4 is 29.8 Å². The van der Waals surface area contributed by atoms with Gasteiger partial charge >= 0.3 is 0 Å². The first-order valence-electron chi connectivity index (χ1n) is 20.0. The molecule has 1 saturated carbocycles. The van der Waals surface area contributed by atoms with Crippen molar-refractivity contribution in [3.8, 4) is 16.9 Å². The minimum atomic E-state index is 0.575. The van der Waals surface area contributed by atoms with Crippen LogP contribution in [0.1, 0.15) is 115 Å². The molecule has 274 valence electrons. The third-order valence-corrected chi connectivity index (χ3v) is 10.3. The molecule has 0 saturated heterocycles. The van der Waals surface area contributed by atoms with Crippen molar-refractivity contribution in [2.24, 2.45) is 16.8 Å². The van der Waals surface area contributed by atoms with Crippen LogP contribution in [0.15, 0.2) is 77.4 Å². The topological polar surface area (TPSA) is 46.1 Å². The number of unbranched alkanes of at least 4 members (excludes halogenated alkanes) is 1. The molecule has 1 aliphatic heterocycles. The van der Waals surface area contributed by atoms with Crippen LogP contribution in [-0.2, 0) is 4.74 Å². The zero-order chi connectivity index (χ0) is 35.7. The van der Waals surface area contributed by atoms with Crippen molar-refractivity contribution in [1.82, 2.24) is 5.32 Å². The second kappa shape index (κ2) is 20.9. The normalized spacial score (nSPS) is 16.9. The lowest BCUT2D eigenvalue weighted by molar-refractivity contribution is 0.0981. The molecule has 0 unspecified atom stereocenters. The van der Waals surface area contributed by atoms with Crippen LogP contribution in [0.4, 0.5) is 5.69 Å². The number of benzene rings is 3. The monoisotopic (exact) mass is 689 g/mol. The molecule has 0 radical (unpaired) electrons. The molecular formula is C46H63N3O2. The molecule has 1 heterocycles. The van der Waals surface area contributed by atoms with Crippen LogP contribution in [0.3, 0.4) is 0 Å². The number of nitrogens with one attached hydrogen (secondary N) is 1. The molecule has 5 nitrogen and oxygen atoms in total. The minimum Gasteiger partial charge on any atom is -0.491 e. The average molecular weight is 690 g/mol. The van der Waals surface area contributed by atoms with Gasteiger partial charge in [-0.3, -0.25) is 0 Å². The largest absolute Gasteiger partial charge is 0.491 e. The third kappa shape index (κ3) is 12.7. The maximum atomic E-state index is 5.98. The molecular weight excluding hydrogens is 627 g/mol. The van der Waals surface area contributed by atoms with E-state index in [2.05, 4.69) is 115 Å². The molecule has 5 rings (SSSR count). The average Bonchev–Trinajstić information content (AvgIpc) is 3.97. The first-order valence-corrected chi connectivity index (χ1v) is 20.0. The summed E-state index contributed by atoms with van der Waals surface area (Å²) in [5, 5.41) is 3.15. The zero-order valence-corrected chi connectivity index (χ0v) is 32.0. The van der Waals surface area contributed by atoms with Gasteiger partial charge < -0.3 is 19.7 Å². The summed E-state index contributed by atoms with van der Waals surface area (Å²) in [6.45, 7) is 13.8. The highest BCUT2D eigenvalue weighted by Crippen LogP contribution is 2.37. The molecule has 3 aromatic carbocycles. The van der Waals surface area contributed by atoms with Gasteiger partial charge in [-0.15, -0.1) is 0 Å². The molecule has 5 heteroatoms. The first-order chi connectivity index (χ1) is 25.1. The molecule has 2 aliphatic rings. The van der Waals surface area contributed by atoms with E-state index in [0.29, 0.717) is 13.2 Å². The lowest BCUT2D eigenvalue weighted by Crippen LogP contribution is -2.31. The van der Waals surface area contributed by atoms with Crippen LogP contribution in [0.25, 0.3) is 28.9 Å². The van der Waals surface area contributed by atoms with E-state index in [1.54, 1.807) is 6.34 Å². The summed E-state index contributed by atoms with van der Waals surface area (Å²) in [5.41, 5.74) is 10.0. The number of fused-ring (bicyclic) bond motifs is 1. The van der Waals surface area contributed by atoms with Gasteiger partial charge in [-0.1, -0.05) is 94.8 Å². The molecule has 3 aromatic rings. The highest BCUT2D eigenvalue weighted by molar-refractivity contribution is 5.88. The quantitative estimate of drug-likeness (QED) is 0.0729. The van der Waals surface area contributed by atoms with Crippen molar-refractivity contribution in [3.63, 3.8) is 0 Å². The van der Waals surface area contributed by atoms with Crippen molar-refractivity contribution in [1.29, 1.82) is 0 Å². The number of hydrogen-bond acceptors (Lipinski definition) is 4. The second-order valence-electron chi connectivity index (χ2n) is 14.6. The Hall–Kier alpha value is -3.83. The Kier molecular flexibility index (Phi) is 15.7. The number of rotatable bonds is 20. The Bertz CT molecular complexity index is 1550. The summed E-state index contributed by atoms with van der Waals surface area (Å²) in [7, 11) is 0. The fourth-order valence-corrected chi connectivity index (χ4v) is 7.01. The molecule has 0 amide bonds. The molecule has 1 N–H and O–H groups in total. The molecule has 1 fully saturated rings. The summed E-state index contributed by atoms with van der Waals surface area (Å²) in [6.07, 6.45) is 20.4. The number of hydrogen-bond donors (Lipinski definition) is 1. The van der Waals surface area contributed by atoms with Crippen LogP contribution in [-0.4, -0.2) is 45.8 Å². The predicted molar refractivity (Wildman–Crippen MR) is 220 cm³/mol. The van der Waals surface area contributed by atoms with E-state index in [9.17, 15) is 0 Å². The Labute approximate surface area is 309 Å². The van der Waals surface area contributed by atoms with Gasteiger partial charge in [0.15, 0.2) is 0 Å². The van der Waals surface area contributed by atoms with E-state index in [0.717, 1.165) is 68.8 Å². The molecule has 51 heavy (non-hydrogen) atoms. The molecule has 0 bridgehead atoms. The Balaban J connectivity index is 1.39. The number of nitrogens with zero attached hydrogens (tertiary/aromatic N) is 2. The molecule has 1 aliphatic carbocycles. The maximum absolute atomic E-state index is 5.98. The first kappa shape index (κ1) is 38.4. The van der Waals surface area contributed by atoms with Crippen molar-refractivity contribution in [3.05, 3.63) is 89.1 Å². The van der Waals surface area contributed by atoms with E-state index >= 15 is 0 Å². The van der Waals surface area contributed by atoms with Gasteiger partial charge in [0.2, 0.25) is 0 Å². The zero-order valence-electron chi connectivity index (χ0n) is 32.0. The Morgan fingerprint density at radius 1 is 0.902 bits per heavy atom. The lowest BCUT2D eigenvalue weighted by Gasteiger charge is -2.30. The van der Waals surface area contributed by atoms with Crippen LogP contribution < -0.4 is 15.0 Å².